The first kappa shape index (κ1) is 13.3. The number of alkyl halides is 3. The highest BCUT2D eigenvalue weighted by Gasteiger charge is 2.29. The van der Waals surface area contributed by atoms with Crippen LogP contribution in [0.2, 0.25) is 0 Å². The minimum atomic E-state index is -4.51. The molecule has 0 saturated carbocycles. The second-order valence-corrected chi connectivity index (χ2v) is 3.63. The Labute approximate surface area is 96.6 Å². The van der Waals surface area contributed by atoms with Gasteiger partial charge in [0, 0.05) is 5.69 Å². The van der Waals surface area contributed by atoms with E-state index in [1.165, 1.54) is 0 Å². The minimum Gasteiger partial charge on any atom is -0.440 e. The van der Waals surface area contributed by atoms with Crippen molar-refractivity contribution >= 4 is 11.8 Å². The number of carbonyl (C=O) groups excluding carboxylic acids is 1. The Morgan fingerprint density at radius 3 is 2.53 bits per heavy atom. The Morgan fingerprint density at radius 2 is 2.00 bits per heavy atom. The third kappa shape index (κ3) is 4.76. The number of hydrogen-bond acceptors (Lipinski definition) is 2. The number of aryl methyl sites for hydroxylation is 2. The Bertz CT molecular complexity index is 416. The predicted octanol–water partition coefficient (Wildman–Crippen LogP) is 3.41. The fourth-order valence-corrected chi connectivity index (χ4v) is 1.25. The van der Waals surface area contributed by atoms with Crippen LogP contribution in [0.4, 0.5) is 23.7 Å². The molecule has 1 aromatic carbocycles. The van der Waals surface area contributed by atoms with Crippen molar-refractivity contribution in [1.82, 2.24) is 0 Å². The third-order valence-corrected chi connectivity index (χ3v) is 1.99. The van der Waals surface area contributed by atoms with E-state index in [4.69, 9.17) is 0 Å². The summed E-state index contributed by atoms with van der Waals surface area (Å²) in [4.78, 5) is 11.1. The standard InChI is InChI=1S/C11H12F3NO2/c1-7-3-4-9(8(2)5-7)15-10(16)17-6-11(12,13)14/h3-5H,6H2,1-2H3,(H,15,16). The van der Waals surface area contributed by atoms with Crippen LogP contribution in [0.25, 0.3) is 0 Å². The second-order valence-electron chi connectivity index (χ2n) is 3.63. The van der Waals surface area contributed by atoms with Crippen molar-refractivity contribution in [2.45, 2.75) is 20.0 Å². The Balaban J connectivity index is 2.57. The molecule has 0 aliphatic heterocycles. The highest BCUT2D eigenvalue weighted by Crippen LogP contribution is 2.18. The first-order chi connectivity index (χ1) is 7.78. The molecule has 0 saturated heterocycles. The predicted molar refractivity (Wildman–Crippen MR) is 56.9 cm³/mol. The average Bonchev–Trinajstić information content (AvgIpc) is 2.18. The molecule has 0 radical (unpaired) electrons. The van der Waals surface area contributed by atoms with Gasteiger partial charge in [0.2, 0.25) is 0 Å². The molecule has 0 aromatic heterocycles. The molecule has 94 valence electrons. The number of amides is 1. The van der Waals surface area contributed by atoms with E-state index in [0.717, 1.165) is 11.1 Å². The molecular weight excluding hydrogens is 235 g/mol. The maximum Gasteiger partial charge on any atom is 0.422 e. The molecule has 0 atom stereocenters. The van der Waals surface area contributed by atoms with Crippen LogP contribution in [0.3, 0.4) is 0 Å². The molecule has 6 heteroatoms. The van der Waals surface area contributed by atoms with Gasteiger partial charge in [-0.15, -0.1) is 0 Å². The molecule has 3 nitrogen and oxygen atoms in total. The lowest BCUT2D eigenvalue weighted by atomic mass is 10.1. The van der Waals surface area contributed by atoms with Crippen LogP contribution in [-0.2, 0) is 4.74 Å². The average molecular weight is 247 g/mol. The molecule has 0 aliphatic rings. The number of anilines is 1. The van der Waals surface area contributed by atoms with E-state index >= 15 is 0 Å². The normalized spacial score (nSPS) is 11.1. The minimum absolute atomic E-state index is 0.433. The first-order valence-electron chi connectivity index (χ1n) is 4.86. The lowest BCUT2D eigenvalue weighted by Gasteiger charge is -2.11. The fourth-order valence-electron chi connectivity index (χ4n) is 1.25. The lowest BCUT2D eigenvalue weighted by Crippen LogP contribution is -2.23. The smallest absolute Gasteiger partial charge is 0.422 e. The maximum absolute atomic E-state index is 11.8. The lowest BCUT2D eigenvalue weighted by molar-refractivity contribution is -0.159. The van der Waals surface area contributed by atoms with E-state index in [1.807, 2.05) is 6.92 Å². The van der Waals surface area contributed by atoms with Gasteiger partial charge in [0.1, 0.15) is 0 Å². The summed E-state index contributed by atoms with van der Waals surface area (Å²) in [5, 5.41) is 2.25. The molecule has 1 aromatic rings. The molecule has 0 unspecified atom stereocenters. The summed E-state index contributed by atoms with van der Waals surface area (Å²) < 4.78 is 39.4. The second kappa shape index (κ2) is 5.07. The van der Waals surface area contributed by atoms with Gasteiger partial charge >= 0.3 is 12.3 Å². The molecule has 0 heterocycles. The van der Waals surface area contributed by atoms with Crippen molar-refractivity contribution in [2.24, 2.45) is 0 Å². The zero-order valence-corrected chi connectivity index (χ0v) is 9.39. The van der Waals surface area contributed by atoms with Gasteiger partial charge in [0.05, 0.1) is 0 Å². The van der Waals surface area contributed by atoms with Gasteiger partial charge in [0.15, 0.2) is 6.61 Å². The largest absolute Gasteiger partial charge is 0.440 e. The van der Waals surface area contributed by atoms with Crippen molar-refractivity contribution in [2.75, 3.05) is 11.9 Å². The Hall–Kier alpha value is -1.72. The summed E-state index contributed by atoms with van der Waals surface area (Å²) >= 11 is 0. The topological polar surface area (TPSA) is 38.3 Å². The fraction of sp³-hybridized carbons (Fsp3) is 0.364. The van der Waals surface area contributed by atoms with Gasteiger partial charge in [-0.2, -0.15) is 13.2 Å². The zero-order valence-electron chi connectivity index (χ0n) is 9.39. The molecule has 0 spiro atoms. The van der Waals surface area contributed by atoms with E-state index in [9.17, 15) is 18.0 Å². The van der Waals surface area contributed by atoms with Crippen LogP contribution in [-0.4, -0.2) is 18.9 Å². The zero-order chi connectivity index (χ0) is 13.1. The van der Waals surface area contributed by atoms with Crippen LogP contribution in [0.15, 0.2) is 18.2 Å². The van der Waals surface area contributed by atoms with Crippen molar-refractivity contribution in [3.8, 4) is 0 Å². The van der Waals surface area contributed by atoms with E-state index < -0.39 is 18.9 Å². The van der Waals surface area contributed by atoms with Gasteiger partial charge in [-0.05, 0) is 25.5 Å². The van der Waals surface area contributed by atoms with Crippen molar-refractivity contribution in [3.63, 3.8) is 0 Å². The van der Waals surface area contributed by atoms with Crippen molar-refractivity contribution < 1.29 is 22.7 Å². The van der Waals surface area contributed by atoms with Crippen LogP contribution < -0.4 is 5.32 Å². The summed E-state index contributed by atoms with van der Waals surface area (Å²) in [6.07, 6.45) is -5.63. The molecule has 1 amide bonds. The molecule has 17 heavy (non-hydrogen) atoms. The molecule has 0 aliphatic carbocycles. The number of hydrogen-bond donors (Lipinski definition) is 1. The number of carbonyl (C=O) groups is 1. The van der Waals surface area contributed by atoms with Crippen LogP contribution in [0.5, 0.6) is 0 Å². The first-order valence-corrected chi connectivity index (χ1v) is 4.86. The van der Waals surface area contributed by atoms with Gasteiger partial charge in [-0.25, -0.2) is 4.79 Å². The van der Waals surface area contributed by atoms with E-state index in [-0.39, 0.29) is 0 Å². The summed E-state index contributed by atoms with van der Waals surface area (Å²) in [7, 11) is 0. The molecule has 0 bridgehead atoms. The number of benzene rings is 1. The van der Waals surface area contributed by atoms with Gasteiger partial charge in [-0.3, -0.25) is 5.32 Å². The number of rotatable bonds is 2. The van der Waals surface area contributed by atoms with Crippen LogP contribution >= 0.6 is 0 Å². The van der Waals surface area contributed by atoms with Gasteiger partial charge < -0.3 is 4.74 Å². The van der Waals surface area contributed by atoms with E-state index in [0.29, 0.717) is 5.69 Å². The highest BCUT2D eigenvalue weighted by molar-refractivity contribution is 5.85. The number of ether oxygens (including phenoxy) is 1. The SMILES string of the molecule is Cc1ccc(NC(=O)OCC(F)(F)F)c(C)c1. The molecule has 1 rings (SSSR count). The summed E-state index contributed by atoms with van der Waals surface area (Å²) in [5.41, 5.74) is 2.19. The van der Waals surface area contributed by atoms with E-state index in [1.54, 1.807) is 25.1 Å². The Morgan fingerprint density at radius 1 is 1.35 bits per heavy atom. The van der Waals surface area contributed by atoms with Crippen LogP contribution in [0, 0.1) is 13.8 Å². The van der Waals surface area contributed by atoms with Gasteiger partial charge in [-0.1, -0.05) is 17.7 Å². The molecule has 1 N–H and O–H groups in total. The summed E-state index contributed by atoms with van der Waals surface area (Å²) in [6.45, 7) is 2.02. The van der Waals surface area contributed by atoms with E-state index in [2.05, 4.69) is 10.1 Å². The quantitative estimate of drug-likeness (QED) is 0.869. The maximum atomic E-state index is 11.8. The number of halogens is 3. The third-order valence-electron chi connectivity index (χ3n) is 1.99. The molecule has 0 fully saturated rings. The van der Waals surface area contributed by atoms with Crippen LogP contribution in [0.1, 0.15) is 11.1 Å². The monoisotopic (exact) mass is 247 g/mol. The summed E-state index contributed by atoms with van der Waals surface area (Å²) in [6, 6.07) is 5.16. The van der Waals surface area contributed by atoms with Crippen molar-refractivity contribution in [1.29, 1.82) is 0 Å². The molecular formula is C11H12F3NO2. The highest BCUT2D eigenvalue weighted by atomic mass is 19.4. The Kier molecular flexibility index (Phi) is 3.98. The van der Waals surface area contributed by atoms with Crippen molar-refractivity contribution in [3.05, 3.63) is 29.3 Å². The number of nitrogens with one attached hydrogen (secondary N) is 1. The van der Waals surface area contributed by atoms with Gasteiger partial charge in [0.25, 0.3) is 0 Å². The summed E-state index contributed by atoms with van der Waals surface area (Å²) in [5.74, 6) is 0.